The van der Waals surface area contributed by atoms with Gasteiger partial charge in [-0.05, 0) is 31.2 Å². The van der Waals surface area contributed by atoms with E-state index in [0.29, 0.717) is 28.4 Å². The highest BCUT2D eigenvalue weighted by atomic mass is 32.1. The molecule has 0 amide bonds. The Morgan fingerprint density at radius 3 is 2.81 bits per heavy atom. The van der Waals surface area contributed by atoms with E-state index in [1.54, 1.807) is 6.07 Å². The van der Waals surface area contributed by atoms with E-state index in [1.807, 2.05) is 25.1 Å². The van der Waals surface area contributed by atoms with Crippen molar-refractivity contribution in [2.45, 2.75) is 6.92 Å². The number of rotatable bonds is 3. The van der Waals surface area contributed by atoms with Gasteiger partial charge in [-0.3, -0.25) is 0 Å². The van der Waals surface area contributed by atoms with Gasteiger partial charge in [-0.2, -0.15) is 10.2 Å². The van der Waals surface area contributed by atoms with Crippen LogP contribution in [0.1, 0.15) is 11.8 Å². The van der Waals surface area contributed by atoms with Crippen LogP contribution < -0.4 is 10.5 Å². The topological polar surface area (TPSA) is 97.7 Å². The van der Waals surface area contributed by atoms with Crippen LogP contribution >= 0.6 is 11.3 Å². The lowest BCUT2D eigenvalue weighted by atomic mass is 10.2. The van der Waals surface area contributed by atoms with E-state index in [-0.39, 0.29) is 5.95 Å². The second-order valence-corrected chi connectivity index (χ2v) is 5.24. The number of aromatic nitrogens is 3. The zero-order valence-electron chi connectivity index (χ0n) is 11.2. The fourth-order valence-electron chi connectivity index (χ4n) is 1.92. The van der Waals surface area contributed by atoms with Crippen LogP contribution in [0.2, 0.25) is 0 Å². The van der Waals surface area contributed by atoms with E-state index >= 15 is 0 Å². The largest absolute Gasteiger partial charge is 0.476 e. The molecule has 3 aromatic rings. The summed E-state index contributed by atoms with van der Waals surface area (Å²) in [5, 5.41) is 8.90. The average molecular weight is 297 g/mol. The van der Waals surface area contributed by atoms with E-state index in [1.165, 1.54) is 11.3 Å². The Hall–Kier alpha value is -2.72. The normalized spacial score (nSPS) is 10.5. The van der Waals surface area contributed by atoms with Crippen molar-refractivity contribution in [3.63, 3.8) is 0 Å². The molecule has 0 unspecified atom stereocenters. The van der Waals surface area contributed by atoms with Crippen molar-refractivity contribution in [1.82, 2.24) is 15.0 Å². The fourth-order valence-corrected chi connectivity index (χ4v) is 2.69. The van der Waals surface area contributed by atoms with Crippen molar-refractivity contribution >= 4 is 28.3 Å². The Morgan fingerprint density at radius 2 is 2.10 bits per heavy atom. The number of nitriles is 1. The number of hydrogen-bond donors (Lipinski definition) is 1. The molecule has 0 saturated heterocycles. The minimum absolute atomic E-state index is 0.156. The predicted octanol–water partition coefficient (Wildman–Crippen LogP) is 2.61. The average Bonchev–Trinajstić information content (AvgIpc) is 2.96. The van der Waals surface area contributed by atoms with Gasteiger partial charge >= 0.3 is 0 Å². The molecular weight excluding hydrogens is 286 g/mol. The number of anilines is 1. The number of hydrogen-bond acceptors (Lipinski definition) is 7. The molecule has 6 nitrogen and oxygen atoms in total. The standard InChI is InChI=1S/C14H11N5OS/c1-2-20-13-12-10(18-14(16)19-13)5-4-9(17-12)11-6-3-8(7-15)21-11/h3-6H,2H2,1H3,(H2,16,18,19). The maximum absolute atomic E-state index is 8.90. The molecular formula is C14H11N5OS. The van der Waals surface area contributed by atoms with Gasteiger partial charge in [0.2, 0.25) is 11.8 Å². The molecule has 2 N–H and O–H groups in total. The summed E-state index contributed by atoms with van der Waals surface area (Å²) in [6.45, 7) is 2.33. The van der Waals surface area contributed by atoms with Crippen LogP contribution in [0.15, 0.2) is 24.3 Å². The van der Waals surface area contributed by atoms with Gasteiger partial charge in [-0.1, -0.05) is 0 Å². The smallest absolute Gasteiger partial charge is 0.245 e. The van der Waals surface area contributed by atoms with Crippen LogP contribution in [-0.2, 0) is 0 Å². The van der Waals surface area contributed by atoms with E-state index in [2.05, 4.69) is 21.0 Å². The second-order valence-electron chi connectivity index (χ2n) is 4.16. The van der Waals surface area contributed by atoms with Crippen LogP contribution in [-0.4, -0.2) is 21.6 Å². The highest BCUT2D eigenvalue weighted by molar-refractivity contribution is 7.15. The first kappa shape index (κ1) is 13.3. The lowest BCUT2D eigenvalue weighted by Gasteiger charge is -2.07. The predicted molar refractivity (Wildman–Crippen MR) is 80.9 cm³/mol. The summed E-state index contributed by atoms with van der Waals surface area (Å²) in [6.07, 6.45) is 0. The molecule has 0 aliphatic rings. The molecule has 0 radical (unpaired) electrons. The maximum Gasteiger partial charge on any atom is 0.245 e. The molecule has 0 fully saturated rings. The van der Waals surface area contributed by atoms with Crippen molar-refractivity contribution < 1.29 is 4.74 Å². The van der Waals surface area contributed by atoms with Gasteiger partial charge in [-0.25, -0.2) is 9.97 Å². The molecule has 104 valence electrons. The third-order valence-electron chi connectivity index (χ3n) is 2.78. The summed E-state index contributed by atoms with van der Waals surface area (Å²) in [5.74, 6) is 0.530. The first-order valence-electron chi connectivity index (χ1n) is 6.28. The zero-order chi connectivity index (χ0) is 14.8. The van der Waals surface area contributed by atoms with Crippen molar-refractivity contribution in [3.05, 3.63) is 29.1 Å². The summed E-state index contributed by atoms with van der Waals surface area (Å²) >= 11 is 1.39. The summed E-state index contributed by atoms with van der Waals surface area (Å²) in [7, 11) is 0. The number of thiophene rings is 1. The number of fused-ring (bicyclic) bond motifs is 1. The molecule has 21 heavy (non-hydrogen) atoms. The Balaban J connectivity index is 2.16. The number of nitrogens with two attached hydrogens (primary N) is 1. The molecule has 3 heterocycles. The molecule has 3 aromatic heterocycles. The van der Waals surface area contributed by atoms with Gasteiger partial charge in [0.25, 0.3) is 0 Å². The van der Waals surface area contributed by atoms with Crippen LogP contribution in [0.4, 0.5) is 5.95 Å². The minimum Gasteiger partial charge on any atom is -0.476 e. The number of nitrogen functional groups attached to an aromatic ring is 1. The van der Waals surface area contributed by atoms with Gasteiger partial charge < -0.3 is 10.5 Å². The first-order chi connectivity index (χ1) is 10.2. The molecule has 0 aromatic carbocycles. The molecule has 0 aliphatic heterocycles. The highest BCUT2D eigenvalue weighted by Crippen LogP contribution is 2.29. The van der Waals surface area contributed by atoms with E-state index in [4.69, 9.17) is 15.7 Å². The number of ether oxygens (including phenoxy) is 1. The van der Waals surface area contributed by atoms with Crippen LogP contribution in [0, 0.1) is 11.3 Å². The maximum atomic E-state index is 8.90. The van der Waals surface area contributed by atoms with Gasteiger partial charge in [-0.15, -0.1) is 11.3 Å². The monoisotopic (exact) mass is 297 g/mol. The highest BCUT2D eigenvalue weighted by Gasteiger charge is 2.11. The molecule has 0 bridgehead atoms. The van der Waals surface area contributed by atoms with Crippen molar-refractivity contribution in [1.29, 1.82) is 5.26 Å². The van der Waals surface area contributed by atoms with E-state index < -0.39 is 0 Å². The quantitative estimate of drug-likeness (QED) is 0.798. The number of nitrogens with zero attached hydrogens (tertiary/aromatic N) is 4. The third kappa shape index (κ3) is 2.49. The molecule has 0 saturated carbocycles. The first-order valence-corrected chi connectivity index (χ1v) is 7.10. The third-order valence-corrected chi connectivity index (χ3v) is 3.79. The molecule has 3 rings (SSSR count). The summed E-state index contributed by atoms with van der Waals surface area (Å²) in [5.41, 5.74) is 7.61. The summed E-state index contributed by atoms with van der Waals surface area (Å²) < 4.78 is 5.47. The van der Waals surface area contributed by atoms with Gasteiger partial charge in [0.1, 0.15) is 10.9 Å². The van der Waals surface area contributed by atoms with Gasteiger partial charge in [0.15, 0.2) is 5.52 Å². The lowest BCUT2D eigenvalue weighted by molar-refractivity contribution is 0.330. The van der Waals surface area contributed by atoms with Crippen molar-refractivity contribution in [2.75, 3.05) is 12.3 Å². The molecule has 0 aliphatic carbocycles. The Kier molecular flexibility index (Phi) is 3.38. The van der Waals surface area contributed by atoms with Crippen LogP contribution in [0.3, 0.4) is 0 Å². The van der Waals surface area contributed by atoms with Crippen LogP contribution in [0.25, 0.3) is 21.6 Å². The van der Waals surface area contributed by atoms with Gasteiger partial charge in [0.05, 0.1) is 22.7 Å². The van der Waals surface area contributed by atoms with Crippen molar-refractivity contribution in [2.24, 2.45) is 0 Å². The molecule has 0 atom stereocenters. The van der Waals surface area contributed by atoms with Crippen LogP contribution in [0.5, 0.6) is 5.88 Å². The minimum atomic E-state index is 0.156. The molecule has 0 spiro atoms. The summed E-state index contributed by atoms with van der Waals surface area (Å²) in [4.78, 5) is 14.3. The Bertz CT molecular complexity index is 852. The second kappa shape index (κ2) is 5.34. The van der Waals surface area contributed by atoms with E-state index in [0.717, 1.165) is 10.6 Å². The van der Waals surface area contributed by atoms with E-state index in [9.17, 15) is 0 Å². The summed E-state index contributed by atoms with van der Waals surface area (Å²) in [6, 6.07) is 9.43. The lowest BCUT2D eigenvalue weighted by Crippen LogP contribution is -2.02. The fraction of sp³-hybridized carbons (Fsp3) is 0.143. The Morgan fingerprint density at radius 1 is 1.24 bits per heavy atom. The SMILES string of the molecule is CCOc1nc(N)nc2ccc(-c3ccc(C#N)s3)nc12. The molecule has 7 heteroatoms. The van der Waals surface area contributed by atoms with Crippen molar-refractivity contribution in [3.8, 4) is 22.5 Å². The number of pyridine rings is 1. The Labute approximate surface area is 124 Å². The van der Waals surface area contributed by atoms with Gasteiger partial charge in [0, 0.05) is 0 Å². The zero-order valence-corrected chi connectivity index (χ0v) is 12.0.